The van der Waals surface area contributed by atoms with Gasteiger partial charge >= 0.3 is 6.30 Å². The number of carbonyl (C=O) groups excluding carboxylic acids is 1. The van der Waals surface area contributed by atoms with Crippen molar-refractivity contribution in [2.24, 2.45) is 4.99 Å². The minimum Gasteiger partial charge on any atom is -0.299 e. The van der Waals surface area contributed by atoms with Crippen molar-refractivity contribution in [3.63, 3.8) is 0 Å². The summed E-state index contributed by atoms with van der Waals surface area (Å²) in [5.74, 6) is -0.0169. The zero-order chi connectivity index (χ0) is 11.1. The van der Waals surface area contributed by atoms with Crippen molar-refractivity contribution in [3.05, 3.63) is 11.8 Å². The summed E-state index contributed by atoms with van der Waals surface area (Å²) in [6, 6.07) is -0.235. The van der Waals surface area contributed by atoms with E-state index in [1.807, 2.05) is 0 Å². The molecule has 0 saturated heterocycles. The highest BCUT2D eigenvalue weighted by Crippen LogP contribution is 2.30. The summed E-state index contributed by atoms with van der Waals surface area (Å²) in [5, 5.41) is 0. The highest BCUT2D eigenvalue weighted by Gasteiger charge is 2.37. The Bertz CT molecular complexity index is 346. The highest BCUT2D eigenvalue weighted by atomic mass is 19.4. The number of Topliss-reactive ketones (excluding diaryl/α,β-unsaturated/α-hetero) is 1. The van der Waals surface area contributed by atoms with Gasteiger partial charge in [-0.25, -0.2) is 4.90 Å². The van der Waals surface area contributed by atoms with Crippen LogP contribution in [-0.4, -0.2) is 29.4 Å². The Morgan fingerprint density at radius 1 is 1.47 bits per heavy atom. The maximum absolute atomic E-state index is 12.3. The number of aliphatic imine (C=N–C) groups is 1. The fraction of sp³-hybridized carbons (Fsp3) is 0.556. The standard InChI is InChI=1S/C9H9F3N2O/c10-9(11,12)14-4-6-3-7(15)1-2-8(6)13-5-14/h4-5,8H,1-3H2. The summed E-state index contributed by atoms with van der Waals surface area (Å²) < 4.78 is 36.9. The SMILES string of the molecule is O=C1CCC2N=CN(C(F)(F)F)C=C2C1. The van der Waals surface area contributed by atoms with Gasteiger partial charge in [-0.05, 0) is 12.0 Å². The molecule has 0 N–H and O–H groups in total. The molecular weight excluding hydrogens is 209 g/mol. The molecule has 0 aromatic heterocycles. The number of alkyl halides is 3. The average Bonchev–Trinajstić information content (AvgIpc) is 2.15. The molecule has 0 spiro atoms. The normalized spacial score (nSPS) is 26.3. The summed E-state index contributed by atoms with van der Waals surface area (Å²) in [6.45, 7) is 0. The molecule has 0 radical (unpaired) electrons. The molecule has 2 aliphatic rings. The summed E-state index contributed by atoms with van der Waals surface area (Å²) >= 11 is 0. The van der Waals surface area contributed by atoms with Gasteiger partial charge < -0.3 is 0 Å². The Labute approximate surface area is 84.3 Å². The van der Waals surface area contributed by atoms with Gasteiger partial charge in [0.15, 0.2) is 0 Å². The first-order chi connectivity index (χ1) is 6.97. The molecule has 15 heavy (non-hydrogen) atoms. The number of ketones is 1. The van der Waals surface area contributed by atoms with Crippen molar-refractivity contribution < 1.29 is 18.0 Å². The van der Waals surface area contributed by atoms with Crippen molar-refractivity contribution in [2.75, 3.05) is 0 Å². The van der Waals surface area contributed by atoms with Crippen LogP contribution in [0, 0.1) is 0 Å². The van der Waals surface area contributed by atoms with E-state index in [1.165, 1.54) is 0 Å². The summed E-state index contributed by atoms with van der Waals surface area (Å²) in [7, 11) is 0. The number of nitrogens with zero attached hydrogens (tertiary/aromatic N) is 2. The van der Waals surface area contributed by atoms with Crippen molar-refractivity contribution in [3.8, 4) is 0 Å². The topological polar surface area (TPSA) is 32.7 Å². The molecule has 3 nitrogen and oxygen atoms in total. The van der Waals surface area contributed by atoms with Gasteiger partial charge in [0.05, 0.1) is 12.4 Å². The van der Waals surface area contributed by atoms with Gasteiger partial charge in [-0.1, -0.05) is 0 Å². The van der Waals surface area contributed by atoms with Crippen LogP contribution < -0.4 is 0 Å². The predicted octanol–water partition coefficient (Wildman–Crippen LogP) is 1.86. The third-order valence-corrected chi connectivity index (χ3v) is 2.49. The van der Waals surface area contributed by atoms with Gasteiger partial charge in [0.1, 0.15) is 5.78 Å². The van der Waals surface area contributed by atoms with Crippen molar-refractivity contribution >= 4 is 12.1 Å². The van der Waals surface area contributed by atoms with Crippen LogP contribution in [0.1, 0.15) is 19.3 Å². The molecule has 6 heteroatoms. The van der Waals surface area contributed by atoms with Crippen LogP contribution in [0.15, 0.2) is 16.8 Å². The van der Waals surface area contributed by atoms with Gasteiger partial charge in [0.25, 0.3) is 0 Å². The van der Waals surface area contributed by atoms with Crippen LogP contribution in [0.4, 0.5) is 13.2 Å². The molecule has 0 aromatic rings. The number of hydrogen-bond acceptors (Lipinski definition) is 3. The molecule has 0 aromatic carbocycles. The number of hydrogen-bond donors (Lipinski definition) is 0. The Morgan fingerprint density at radius 2 is 2.20 bits per heavy atom. The van der Waals surface area contributed by atoms with E-state index < -0.39 is 6.30 Å². The quantitative estimate of drug-likeness (QED) is 0.581. The van der Waals surface area contributed by atoms with Crippen molar-refractivity contribution in [2.45, 2.75) is 31.6 Å². The zero-order valence-electron chi connectivity index (χ0n) is 7.79. The minimum atomic E-state index is -4.46. The van der Waals surface area contributed by atoms with Crippen LogP contribution in [-0.2, 0) is 4.79 Å². The van der Waals surface area contributed by atoms with E-state index in [4.69, 9.17) is 0 Å². The second kappa shape index (κ2) is 3.36. The fourth-order valence-corrected chi connectivity index (χ4v) is 1.72. The second-order valence-electron chi connectivity index (χ2n) is 3.61. The highest BCUT2D eigenvalue weighted by molar-refractivity contribution is 5.83. The van der Waals surface area contributed by atoms with Crippen LogP contribution in [0.3, 0.4) is 0 Å². The van der Waals surface area contributed by atoms with E-state index in [-0.39, 0.29) is 23.1 Å². The lowest BCUT2D eigenvalue weighted by molar-refractivity contribution is -0.200. The van der Waals surface area contributed by atoms with E-state index >= 15 is 0 Å². The van der Waals surface area contributed by atoms with E-state index in [9.17, 15) is 18.0 Å². The molecule has 1 atom stereocenters. The number of rotatable bonds is 0. The Hall–Kier alpha value is -1.33. The largest absolute Gasteiger partial charge is 0.489 e. The van der Waals surface area contributed by atoms with E-state index in [1.54, 1.807) is 0 Å². The molecular formula is C9H9F3N2O. The molecule has 1 heterocycles. The molecule has 1 aliphatic carbocycles. The zero-order valence-corrected chi connectivity index (χ0v) is 7.79. The summed E-state index contributed by atoms with van der Waals surface area (Å²) in [5.41, 5.74) is 0.464. The lowest BCUT2D eigenvalue weighted by atomic mass is 9.89. The first-order valence-electron chi connectivity index (χ1n) is 4.57. The van der Waals surface area contributed by atoms with Crippen LogP contribution in [0.25, 0.3) is 0 Å². The third-order valence-electron chi connectivity index (χ3n) is 2.49. The van der Waals surface area contributed by atoms with Gasteiger partial charge in [-0.15, -0.1) is 13.2 Å². The third kappa shape index (κ3) is 2.03. The molecule has 1 aliphatic heterocycles. The van der Waals surface area contributed by atoms with Crippen LogP contribution >= 0.6 is 0 Å². The molecule has 1 unspecified atom stereocenters. The Balaban J connectivity index is 2.20. The number of fused-ring (bicyclic) bond motifs is 1. The average molecular weight is 218 g/mol. The maximum Gasteiger partial charge on any atom is 0.489 e. The van der Waals surface area contributed by atoms with Gasteiger partial charge in [0, 0.05) is 19.0 Å². The molecule has 82 valence electrons. The van der Waals surface area contributed by atoms with E-state index in [0.29, 0.717) is 18.4 Å². The minimum absolute atomic E-state index is 0.0169. The van der Waals surface area contributed by atoms with E-state index in [0.717, 1.165) is 12.5 Å². The lowest BCUT2D eigenvalue weighted by Crippen LogP contribution is -2.37. The first-order valence-corrected chi connectivity index (χ1v) is 4.57. The molecule has 1 fully saturated rings. The Kier molecular flexibility index (Phi) is 2.28. The maximum atomic E-state index is 12.3. The Morgan fingerprint density at radius 3 is 2.87 bits per heavy atom. The predicted molar refractivity (Wildman–Crippen MR) is 47.1 cm³/mol. The smallest absolute Gasteiger partial charge is 0.299 e. The molecule has 2 rings (SSSR count). The van der Waals surface area contributed by atoms with Crippen LogP contribution in [0.5, 0.6) is 0 Å². The number of carbonyl (C=O) groups is 1. The summed E-state index contributed by atoms with van der Waals surface area (Å²) in [4.78, 5) is 15.0. The fourth-order valence-electron chi connectivity index (χ4n) is 1.72. The van der Waals surface area contributed by atoms with Gasteiger partial charge in [0.2, 0.25) is 0 Å². The molecule has 1 saturated carbocycles. The molecule has 0 amide bonds. The first kappa shape index (κ1) is 10.2. The van der Waals surface area contributed by atoms with Crippen molar-refractivity contribution in [1.29, 1.82) is 0 Å². The summed E-state index contributed by atoms with van der Waals surface area (Å²) in [6.07, 6.45) is -1.67. The monoisotopic (exact) mass is 218 g/mol. The second-order valence-corrected chi connectivity index (χ2v) is 3.61. The molecule has 0 bridgehead atoms. The van der Waals surface area contributed by atoms with Gasteiger partial charge in [-0.2, -0.15) is 0 Å². The lowest BCUT2D eigenvalue weighted by Gasteiger charge is -2.29. The van der Waals surface area contributed by atoms with Crippen LogP contribution in [0.2, 0.25) is 0 Å². The number of halogens is 3. The van der Waals surface area contributed by atoms with Gasteiger partial charge in [-0.3, -0.25) is 9.79 Å². The van der Waals surface area contributed by atoms with E-state index in [2.05, 4.69) is 4.99 Å². The van der Waals surface area contributed by atoms with Crippen molar-refractivity contribution in [1.82, 2.24) is 4.90 Å².